The van der Waals surface area contributed by atoms with Crippen molar-refractivity contribution in [2.75, 3.05) is 6.54 Å². The molecule has 4 nitrogen and oxygen atoms in total. The second-order valence-electron chi connectivity index (χ2n) is 5.26. The number of carbonyl (C=O) groups is 1. The maximum atomic E-state index is 12.1. The predicted octanol–water partition coefficient (Wildman–Crippen LogP) is 1.65. The fraction of sp³-hybridized carbons (Fsp3) is 0.600. The Morgan fingerprint density at radius 3 is 3.16 bits per heavy atom. The smallest absolute Gasteiger partial charge is 0.223 e. The highest BCUT2D eigenvalue weighted by Crippen LogP contribution is 2.16. The third-order valence-corrected chi connectivity index (χ3v) is 3.79. The highest BCUT2D eigenvalue weighted by molar-refractivity contribution is 5.78. The Balaban J connectivity index is 1.89. The number of aromatic nitrogens is 1. The lowest BCUT2D eigenvalue weighted by Gasteiger charge is -2.27. The molecule has 1 saturated heterocycles. The first-order valence-corrected chi connectivity index (χ1v) is 7.14. The molecule has 1 fully saturated rings. The molecule has 0 aliphatic carbocycles. The standard InChI is InChI=1S/C15H23N3O/c1-3-12-5-4-7-17-14(12)10-18-15(19)13-6-8-16-11(2)9-13/h4-5,7,11,13,16H,3,6,8-10H2,1-2H3,(H,18,19). The van der Waals surface area contributed by atoms with Crippen LogP contribution in [0.25, 0.3) is 0 Å². The second-order valence-corrected chi connectivity index (χ2v) is 5.26. The lowest BCUT2D eigenvalue weighted by Crippen LogP contribution is -2.42. The lowest BCUT2D eigenvalue weighted by molar-refractivity contribution is -0.126. The van der Waals surface area contributed by atoms with Crippen molar-refractivity contribution >= 4 is 5.91 Å². The number of rotatable bonds is 4. The van der Waals surface area contributed by atoms with Crippen LogP contribution in [0.15, 0.2) is 18.3 Å². The Kier molecular flexibility index (Phi) is 4.91. The molecule has 2 atom stereocenters. The van der Waals surface area contributed by atoms with Crippen LogP contribution in [-0.4, -0.2) is 23.5 Å². The largest absolute Gasteiger partial charge is 0.350 e. The van der Waals surface area contributed by atoms with Gasteiger partial charge in [-0.25, -0.2) is 0 Å². The molecule has 19 heavy (non-hydrogen) atoms. The average molecular weight is 261 g/mol. The molecule has 0 spiro atoms. The van der Waals surface area contributed by atoms with E-state index in [9.17, 15) is 4.79 Å². The Bertz CT molecular complexity index is 433. The molecule has 2 unspecified atom stereocenters. The van der Waals surface area contributed by atoms with Crippen LogP contribution in [0.4, 0.5) is 0 Å². The Labute approximate surface area is 115 Å². The third kappa shape index (κ3) is 3.77. The van der Waals surface area contributed by atoms with Gasteiger partial charge in [-0.05, 0) is 44.4 Å². The quantitative estimate of drug-likeness (QED) is 0.866. The maximum Gasteiger partial charge on any atom is 0.223 e. The van der Waals surface area contributed by atoms with E-state index in [1.807, 2.05) is 6.07 Å². The molecule has 1 aliphatic heterocycles. The summed E-state index contributed by atoms with van der Waals surface area (Å²) >= 11 is 0. The summed E-state index contributed by atoms with van der Waals surface area (Å²) in [6.45, 7) is 5.72. The number of hydrogen-bond donors (Lipinski definition) is 2. The molecule has 1 aliphatic rings. The number of aryl methyl sites for hydroxylation is 1. The highest BCUT2D eigenvalue weighted by Gasteiger charge is 2.24. The number of carbonyl (C=O) groups excluding carboxylic acids is 1. The first-order valence-electron chi connectivity index (χ1n) is 7.14. The van der Waals surface area contributed by atoms with Gasteiger partial charge in [-0.1, -0.05) is 13.0 Å². The van der Waals surface area contributed by atoms with Crippen molar-refractivity contribution in [3.63, 3.8) is 0 Å². The van der Waals surface area contributed by atoms with Crippen molar-refractivity contribution < 1.29 is 4.79 Å². The summed E-state index contributed by atoms with van der Waals surface area (Å²) in [5, 5.41) is 6.40. The van der Waals surface area contributed by atoms with Crippen LogP contribution in [0.1, 0.15) is 37.9 Å². The summed E-state index contributed by atoms with van der Waals surface area (Å²) in [5.41, 5.74) is 2.20. The second kappa shape index (κ2) is 6.66. The summed E-state index contributed by atoms with van der Waals surface area (Å²) in [4.78, 5) is 16.5. The number of nitrogens with one attached hydrogen (secondary N) is 2. The van der Waals surface area contributed by atoms with Crippen LogP contribution >= 0.6 is 0 Å². The van der Waals surface area contributed by atoms with E-state index in [1.54, 1.807) is 6.20 Å². The fourth-order valence-electron chi connectivity index (χ4n) is 2.64. The Morgan fingerprint density at radius 1 is 1.58 bits per heavy atom. The number of piperidine rings is 1. The zero-order chi connectivity index (χ0) is 13.7. The predicted molar refractivity (Wildman–Crippen MR) is 75.7 cm³/mol. The van der Waals surface area contributed by atoms with Gasteiger partial charge in [0.2, 0.25) is 5.91 Å². The monoisotopic (exact) mass is 261 g/mol. The molecule has 104 valence electrons. The third-order valence-electron chi connectivity index (χ3n) is 3.79. The van der Waals surface area contributed by atoms with Crippen molar-refractivity contribution in [3.05, 3.63) is 29.6 Å². The van der Waals surface area contributed by atoms with Gasteiger partial charge < -0.3 is 10.6 Å². The van der Waals surface area contributed by atoms with Gasteiger partial charge in [-0.3, -0.25) is 9.78 Å². The molecule has 4 heteroatoms. The molecule has 0 aromatic carbocycles. The van der Waals surface area contributed by atoms with Gasteiger partial charge in [0.15, 0.2) is 0 Å². The van der Waals surface area contributed by atoms with Crippen LogP contribution in [-0.2, 0) is 17.8 Å². The van der Waals surface area contributed by atoms with Gasteiger partial charge in [0.05, 0.1) is 12.2 Å². The van der Waals surface area contributed by atoms with Gasteiger partial charge in [-0.15, -0.1) is 0 Å². The molecular formula is C15H23N3O. The first kappa shape index (κ1) is 14.0. The van der Waals surface area contributed by atoms with Crippen molar-refractivity contribution in [1.82, 2.24) is 15.6 Å². The zero-order valence-electron chi connectivity index (χ0n) is 11.8. The average Bonchev–Trinajstić information content (AvgIpc) is 2.45. The number of amides is 1. The maximum absolute atomic E-state index is 12.1. The highest BCUT2D eigenvalue weighted by atomic mass is 16.1. The minimum atomic E-state index is 0.144. The van der Waals surface area contributed by atoms with E-state index in [2.05, 4.69) is 35.5 Å². The molecule has 1 aromatic rings. The fourth-order valence-corrected chi connectivity index (χ4v) is 2.64. The number of pyridine rings is 1. The minimum Gasteiger partial charge on any atom is -0.350 e. The molecule has 2 rings (SSSR count). The molecule has 2 N–H and O–H groups in total. The number of hydrogen-bond acceptors (Lipinski definition) is 3. The van der Waals surface area contributed by atoms with E-state index in [0.717, 1.165) is 31.5 Å². The van der Waals surface area contributed by atoms with E-state index in [-0.39, 0.29) is 11.8 Å². The van der Waals surface area contributed by atoms with E-state index >= 15 is 0 Å². The summed E-state index contributed by atoms with van der Waals surface area (Å²) < 4.78 is 0. The molecule has 0 saturated carbocycles. The molecular weight excluding hydrogens is 238 g/mol. The topological polar surface area (TPSA) is 54.0 Å². The molecule has 1 amide bonds. The van der Waals surface area contributed by atoms with Crippen LogP contribution in [0.5, 0.6) is 0 Å². The van der Waals surface area contributed by atoms with Crippen molar-refractivity contribution in [2.24, 2.45) is 5.92 Å². The van der Waals surface area contributed by atoms with Gasteiger partial charge >= 0.3 is 0 Å². The number of nitrogens with zero attached hydrogens (tertiary/aromatic N) is 1. The van der Waals surface area contributed by atoms with Crippen molar-refractivity contribution in [3.8, 4) is 0 Å². The summed E-state index contributed by atoms with van der Waals surface area (Å²) in [6, 6.07) is 4.45. The normalized spacial score (nSPS) is 23.1. The van der Waals surface area contributed by atoms with Crippen molar-refractivity contribution in [1.29, 1.82) is 0 Å². The van der Waals surface area contributed by atoms with E-state index in [4.69, 9.17) is 0 Å². The Hall–Kier alpha value is -1.42. The molecule has 0 radical (unpaired) electrons. The van der Waals surface area contributed by atoms with Crippen LogP contribution in [0, 0.1) is 5.92 Å². The summed E-state index contributed by atoms with van der Waals surface area (Å²) in [5.74, 6) is 0.311. The first-order chi connectivity index (χ1) is 9.20. The summed E-state index contributed by atoms with van der Waals surface area (Å²) in [7, 11) is 0. The molecule has 1 aromatic heterocycles. The van der Waals surface area contributed by atoms with Crippen LogP contribution in [0.2, 0.25) is 0 Å². The van der Waals surface area contributed by atoms with Crippen molar-refractivity contribution in [2.45, 2.75) is 45.7 Å². The van der Waals surface area contributed by atoms with Gasteiger partial charge in [-0.2, -0.15) is 0 Å². The van der Waals surface area contributed by atoms with E-state index in [0.29, 0.717) is 12.6 Å². The SMILES string of the molecule is CCc1cccnc1CNC(=O)C1CCNC(C)C1. The molecule has 0 bridgehead atoms. The Morgan fingerprint density at radius 2 is 2.42 bits per heavy atom. The molecule has 2 heterocycles. The van der Waals surface area contributed by atoms with Crippen LogP contribution < -0.4 is 10.6 Å². The van der Waals surface area contributed by atoms with Crippen LogP contribution in [0.3, 0.4) is 0 Å². The minimum absolute atomic E-state index is 0.144. The van der Waals surface area contributed by atoms with Gasteiger partial charge in [0.25, 0.3) is 0 Å². The summed E-state index contributed by atoms with van der Waals surface area (Å²) in [6.07, 6.45) is 4.59. The van der Waals surface area contributed by atoms with Gasteiger partial charge in [0, 0.05) is 18.2 Å². The van der Waals surface area contributed by atoms with E-state index < -0.39 is 0 Å². The van der Waals surface area contributed by atoms with E-state index in [1.165, 1.54) is 5.56 Å². The zero-order valence-corrected chi connectivity index (χ0v) is 11.8. The van der Waals surface area contributed by atoms with Gasteiger partial charge in [0.1, 0.15) is 0 Å². The lowest BCUT2D eigenvalue weighted by atomic mass is 9.92.